The first kappa shape index (κ1) is 17.7. The summed E-state index contributed by atoms with van der Waals surface area (Å²) in [5, 5.41) is 6.85. The van der Waals surface area contributed by atoms with E-state index in [-0.39, 0.29) is 5.41 Å². The van der Waals surface area contributed by atoms with Gasteiger partial charge >= 0.3 is 0 Å². The molecule has 0 radical (unpaired) electrons. The van der Waals surface area contributed by atoms with Gasteiger partial charge < -0.3 is 10.6 Å². The quantitative estimate of drug-likeness (QED) is 0.719. The van der Waals surface area contributed by atoms with E-state index in [0.29, 0.717) is 12.0 Å². The van der Waals surface area contributed by atoms with E-state index in [4.69, 9.17) is 4.98 Å². The third kappa shape index (κ3) is 4.71. The molecule has 4 heteroatoms. The Hall–Kier alpha value is -2.10. The summed E-state index contributed by atoms with van der Waals surface area (Å²) in [5.41, 5.74) is 3.70. The van der Waals surface area contributed by atoms with Crippen LogP contribution in [-0.4, -0.2) is 16.0 Å². The smallest absolute Gasteiger partial charge is 0.225 e. The first-order valence-corrected chi connectivity index (χ1v) is 9.38. The van der Waals surface area contributed by atoms with Crippen molar-refractivity contribution in [3.8, 4) is 0 Å². The van der Waals surface area contributed by atoms with Gasteiger partial charge in [-0.1, -0.05) is 39.8 Å². The highest BCUT2D eigenvalue weighted by atomic mass is 15.2. The maximum Gasteiger partial charge on any atom is 0.225 e. The molecule has 1 atom stereocenters. The molecular weight excluding hydrogens is 308 g/mol. The molecule has 134 valence electrons. The third-order valence-electron chi connectivity index (χ3n) is 4.75. The average molecular weight is 338 g/mol. The molecular formula is C21H30N4. The lowest BCUT2D eigenvalue weighted by atomic mass is 9.87. The topological polar surface area (TPSA) is 49.8 Å². The molecule has 1 saturated carbocycles. The lowest BCUT2D eigenvalue weighted by Crippen LogP contribution is -2.16. The number of nitrogens with one attached hydrogen (secondary N) is 2. The van der Waals surface area contributed by atoms with Crippen LogP contribution in [0.25, 0.3) is 0 Å². The molecule has 0 unspecified atom stereocenters. The zero-order valence-corrected chi connectivity index (χ0v) is 16.1. The van der Waals surface area contributed by atoms with Gasteiger partial charge in [-0.25, -0.2) is 4.98 Å². The maximum absolute atomic E-state index is 4.71. The third-order valence-corrected chi connectivity index (χ3v) is 4.75. The van der Waals surface area contributed by atoms with Gasteiger partial charge in [-0.3, -0.25) is 0 Å². The van der Waals surface area contributed by atoms with Gasteiger partial charge in [0.1, 0.15) is 5.82 Å². The maximum atomic E-state index is 4.71. The molecule has 1 aromatic heterocycles. The van der Waals surface area contributed by atoms with E-state index < -0.39 is 0 Å². The van der Waals surface area contributed by atoms with E-state index in [1.165, 1.54) is 18.4 Å². The Morgan fingerprint density at radius 3 is 2.36 bits per heavy atom. The number of aromatic nitrogens is 2. The van der Waals surface area contributed by atoms with Gasteiger partial charge in [0, 0.05) is 23.7 Å². The van der Waals surface area contributed by atoms with Crippen molar-refractivity contribution in [2.75, 3.05) is 10.6 Å². The number of hydrogen-bond acceptors (Lipinski definition) is 4. The monoisotopic (exact) mass is 338 g/mol. The van der Waals surface area contributed by atoms with Gasteiger partial charge in [0.05, 0.1) is 5.69 Å². The van der Waals surface area contributed by atoms with E-state index in [2.05, 4.69) is 80.6 Å². The Kier molecular flexibility index (Phi) is 4.98. The molecule has 2 aromatic rings. The minimum atomic E-state index is 0.167. The fourth-order valence-corrected chi connectivity index (χ4v) is 2.71. The lowest BCUT2D eigenvalue weighted by Gasteiger charge is -2.19. The standard InChI is InChI=1S/C21H30N4/c1-6-14(2)22-20-24-18(15-7-8-15)13-19(25-20)23-17-11-9-16(10-12-17)21(3,4)5/h9-15H,6-8H2,1-5H3,(H2,22,23,24,25)/t14-/m1/s1. The molecule has 3 rings (SSSR count). The first-order valence-electron chi connectivity index (χ1n) is 9.38. The van der Waals surface area contributed by atoms with Crippen LogP contribution >= 0.6 is 0 Å². The number of nitrogens with zero attached hydrogens (tertiary/aromatic N) is 2. The van der Waals surface area contributed by atoms with Gasteiger partial charge in [-0.05, 0) is 49.3 Å². The molecule has 0 bridgehead atoms. The van der Waals surface area contributed by atoms with Crippen LogP contribution in [0.4, 0.5) is 17.5 Å². The van der Waals surface area contributed by atoms with Crippen LogP contribution < -0.4 is 10.6 Å². The van der Waals surface area contributed by atoms with Gasteiger partial charge in [0.25, 0.3) is 0 Å². The van der Waals surface area contributed by atoms with Crippen LogP contribution in [0.2, 0.25) is 0 Å². The van der Waals surface area contributed by atoms with Crippen LogP contribution in [0.15, 0.2) is 30.3 Å². The van der Waals surface area contributed by atoms with Gasteiger partial charge in [0.15, 0.2) is 0 Å². The molecule has 0 aliphatic heterocycles. The molecule has 1 aliphatic carbocycles. The van der Waals surface area contributed by atoms with E-state index in [0.717, 1.165) is 29.6 Å². The highest BCUT2D eigenvalue weighted by Gasteiger charge is 2.26. The van der Waals surface area contributed by atoms with Crippen LogP contribution in [-0.2, 0) is 5.41 Å². The average Bonchev–Trinajstić information content (AvgIpc) is 3.39. The van der Waals surface area contributed by atoms with Crippen LogP contribution in [0.5, 0.6) is 0 Å². The van der Waals surface area contributed by atoms with Gasteiger partial charge in [0.2, 0.25) is 5.95 Å². The molecule has 25 heavy (non-hydrogen) atoms. The van der Waals surface area contributed by atoms with E-state index in [9.17, 15) is 0 Å². The highest BCUT2D eigenvalue weighted by molar-refractivity contribution is 5.58. The second-order valence-corrected chi connectivity index (χ2v) is 8.18. The molecule has 0 spiro atoms. The first-order chi connectivity index (χ1) is 11.8. The summed E-state index contributed by atoms with van der Waals surface area (Å²) >= 11 is 0. The highest BCUT2D eigenvalue weighted by Crippen LogP contribution is 2.40. The molecule has 4 nitrogen and oxygen atoms in total. The van der Waals surface area contributed by atoms with Crippen LogP contribution in [0.1, 0.15) is 71.1 Å². The summed E-state index contributed by atoms with van der Waals surface area (Å²) in [6.07, 6.45) is 3.52. The Morgan fingerprint density at radius 1 is 1.12 bits per heavy atom. The van der Waals surface area contributed by atoms with E-state index in [1.54, 1.807) is 0 Å². The molecule has 1 fully saturated rings. The van der Waals surface area contributed by atoms with Crippen molar-refractivity contribution in [3.05, 3.63) is 41.6 Å². The minimum absolute atomic E-state index is 0.167. The summed E-state index contributed by atoms with van der Waals surface area (Å²) in [4.78, 5) is 9.37. The molecule has 1 aromatic carbocycles. The van der Waals surface area contributed by atoms with Crippen molar-refractivity contribution in [2.24, 2.45) is 0 Å². The van der Waals surface area contributed by atoms with Crippen molar-refractivity contribution < 1.29 is 0 Å². The molecule has 0 saturated heterocycles. The Balaban J connectivity index is 1.81. The van der Waals surface area contributed by atoms with Crippen LogP contribution in [0, 0.1) is 0 Å². The summed E-state index contributed by atoms with van der Waals surface area (Å²) in [6, 6.07) is 11.1. The molecule has 1 aliphatic rings. The van der Waals surface area contributed by atoms with Gasteiger partial charge in [-0.2, -0.15) is 4.98 Å². The van der Waals surface area contributed by atoms with E-state index in [1.807, 2.05) is 0 Å². The fourth-order valence-electron chi connectivity index (χ4n) is 2.71. The summed E-state index contributed by atoms with van der Waals surface area (Å²) in [6.45, 7) is 11.0. The zero-order valence-electron chi connectivity index (χ0n) is 16.1. The zero-order chi connectivity index (χ0) is 18.0. The van der Waals surface area contributed by atoms with Gasteiger partial charge in [-0.15, -0.1) is 0 Å². The predicted octanol–water partition coefficient (Wildman–Crippen LogP) is 5.61. The number of anilines is 3. The number of benzene rings is 1. The number of hydrogen-bond donors (Lipinski definition) is 2. The largest absolute Gasteiger partial charge is 0.352 e. The second kappa shape index (κ2) is 7.03. The van der Waals surface area contributed by atoms with Crippen molar-refractivity contribution in [3.63, 3.8) is 0 Å². The predicted molar refractivity (Wildman–Crippen MR) is 106 cm³/mol. The Labute approximate surface area is 151 Å². The SMILES string of the molecule is CC[C@@H](C)Nc1nc(Nc2ccc(C(C)(C)C)cc2)cc(C2CC2)n1. The number of rotatable bonds is 6. The summed E-state index contributed by atoms with van der Waals surface area (Å²) in [5.74, 6) is 2.20. The second-order valence-electron chi connectivity index (χ2n) is 8.18. The van der Waals surface area contributed by atoms with Crippen molar-refractivity contribution in [1.82, 2.24) is 9.97 Å². The normalized spacial score (nSPS) is 15.7. The fraction of sp³-hybridized carbons (Fsp3) is 0.524. The van der Waals surface area contributed by atoms with E-state index >= 15 is 0 Å². The molecule has 1 heterocycles. The Morgan fingerprint density at radius 2 is 1.80 bits per heavy atom. The Bertz CT molecular complexity index is 712. The minimum Gasteiger partial charge on any atom is -0.352 e. The molecule has 0 amide bonds. The van der Waals surface area contributed by atoms with Crippen molar-refractivity contribution in [2.45, 2.75) is 71.3 Å². The van der Waals surface area contributed by atoms with Crippen molar-refractivity contribution in [1.29, 1.82) is 0 Å². The van der Waals surface area contributed by atoms with Crippen molar-refractivity contribution >= 4 is 17.5 Å². The van der Waals surface area contributed by atoms with Crippen LogP contribution in [0.3, 0.4) is 0 Å². The molecule has 2 N–H and O–H groups in total. The summed E-state index contributed by atoms with van der Waals surface area (Å²) < 4.78 is 0. The lowest BCUT2D eigenvalue weighted by molar-refractivity contribution is 0.590. The summed E-state index contributed by atoms with van der Waals surface area (Å²) in [7, 11) is 0.